The Labute approximate surface area is 182 Å². The number of hydrogen-bond acceptors (Lipinski definition) is 3. The van der Waals surface area contributed by atoms with Crippen LogP contribution in [0, 0.1) is 0 Å². The molecule has 4 aromatic rings. The van der Waals surface area contributed by atoms with Crippen LogP contribution in [0.3, 0.4) is 0 Å². The second-order valence-electron chi connectivity index (χ2n) is 7.82. The maximum atomic E-state index is 6.02. The normalized spacial score (nSPS) is 17.3. The van der Waals surface area contributed by atoms with Gasteiger partial charge in [0.2, 0.25) is 12.7 Å². The Morgan fingerprint density at radius 2 is 1.00 bits per heavy atom. The van der Waals surface area contributed by atoms with E-state index in [2.05, 4.69) is 79.5 Å². The largest absolute Gasteiger partial charge is 0.375 e. The van der Waals surface area contributed by atoms with Crippen LogP contribution in [0.4, 0.5) is 0 Å². The molecule has 0 unspecified atom stereocenters. The van der Waals surface area contributed by atoms with Gasteiger partial charge in [0.1, 0.15) is 26.2 Å². The van der Waals surface area contributed by atoms with E-state index in [-0.39, 0.29) is 0 Å². The standard InChI is InChI=1S/C24H30N4O3/c1-3-7-23-21(5-1)25-9-13-29-14-10-26-20-28(24-8-4-2-6-22(24)26)12-16-31-18-17-30-15-11-27(23)19-25/h1-8,19-20H,9-18H2/q+2. The molecule has 7 heteroatoms. The van der Waals surface area contributed by atoms with Crippen LogP contribution in [0.15, 0.2) is 61.2 Å². The Morgan fingerprint density at radius 3 is 1.52 bits per heavy atom. The van der Waals surface area contributed by atoms with Crippen LogP contribution in [0.5, 0.6) is 0 Å². The molecule has 1 aliphatic heterocycles. The molecule has 5 rings (SSSR count). The first-order valence-corrected chi connectivity index (χ1v) is 11.1. The van der Waals surface area contributed by atoms with Crippen molar-refractivity contribution >= 4 is 22.1 Å². The van der Waals surface area contributed by atoms with Crippen molar-refractivity contribution in [2.75, 3.05) is 39.6 Å². The second-order valence-corrected chi connectivity index (χ2v) is 7.82. The highest BCUT2D eigenvalue weighted by molar-refractivity contribution is 5.72. The second kappa shape index (κ2) is 9.60. The molecule has 0 amide bonds. The van der Waals surface area contributed by atoms with Crippen molar-refractivity contribution in [3.63, 3.8) is 0 Å². The van der Waals surface area contributed by atoms with Gasteiger partial charge in [-0.25, -0.2) is 18.3 Å². The molecule has 0 aliphatic carbocycles. The molecular formula is C24H30N4O3+2. The lowest BCUT2D eigenvalue weighted by Crippen LogP contribution is -2.37. The smallest absolute Gasteiger partial charge is 0.244 e. The third-order valence-corrected chi connectivity index (χ3v) is 5.84. The van der Waals surface area contributed by atoms with E-state index < -0.39 is 0 Å². The van der Waals surface area contributed by atoms with Gasteiger partial charge < -0.3 is 14.2 Å². The summed E-state index contributed by atoms with van der Waals surface area (Å²) in [6, 6.07) is 17.0. The van der Waals surface area contributed by atoms with Crippen LogP contribution in [-0.2, 0) is 40.4 Å². The number of fused-ring (bicyclic) bond motifs is 10. The molecular weight excluding hydrogens is 392 g/mol. The molecule has 3 heterocycles. The van der Waals surface area contributed by atoms with Gasteiger partial charge in [0.15, 0.2) is 22.1 Å². The van der Waals surface area contributed by atoms with Crippen LogP contribution in [0.2, 0.25) is 0 Å². The molecule has 0 N–H and O–H groups in total. The van der Waals surface area contributed by atoms with Gasteiger partial charge in [0, 0.05) is 0 Å². The summed E-state index contributed by atoms with van der Waals surface area (Å²) in [7, 11) is 0. The van der Waals surface area contributed by atoms with Crippen LogP contribution in [-0.4, -0.2) is 48.8 Å². The first-order valence-electron chi connectivity index (χ1n) is 11.1. The van der Waals surface area contributed by atoms with E-state index in [4.69, 9.17) is 14.2 Å². The minimum Gasteiger partial charge on any atom is -0.375 e. The summed E-state index contributed by atoms with van der Waals surface area (Å²) in [5, 5.41) is 0. The van der Waals surface area contributed by atoms with Crippen molar-refractivity contribution in [3.8, 4) is 0 Å². The van der Waals surface area contributed by atoms with Gasteiger partial charge in [0.25, 0.3) is 0 Å². The van der Waals surface area contributed by atoms with Crippen molar-refractivity contribution < 1.29 is 23.3 Å². The molecule has 0 fully saturated rings. The number of imidazole rings is 2. The summed E-state index contributed by atoms with van der Waals surface area (Å²) in [6.07, 6.45) is 4.34. The van der Waals surface area contributed by atoms with Crippen molar-refractivity contribution in [1.29, 1.82) is 0 Å². The van der Waals surface area contributed by atoms with E-state index in [1.54, 1.807) is 0 Å². The molecule has 162 valence electrons. The number of aromatic nitrogens is 4. The summed E-state index contributed by atoms with van der Waals surface area (Å²) < 4.78 is 26.7. The van der Waals surface area contributed by atoms with E-state index in [9.17, 15) is 0 Å². The predicted octanol–water partition coefficient (Wildman–Crippen LogP) is 1.93. The molecule has 4 bridgehead atoms. The van der Waals surface area contributed by atoms with Gasteiger partial charge in [-0.1, -0.05) is 24.3 Å². The van der Waals surface area contributed by atoms with E-state index >= 15 is 0 Å². The van der Waals surface area contributed by atoms with Gasteiger partial charge in [-0.15, -0.1) is 0 Å². The van der Waals surface area contributed by atoms with E-state index in [0.717, 1.165) is 26.2 Å². The summed E-state index contributed by atoms with van der Waals surface area (Å²) in [4.78, 5) is 0. The molecule has 1 aliphatic rings. The van der Waals surface area contributed by atoms with E-state index in [0.29, 0.717) is 39.6 Å². The molecule has 2 aromatic carbocycles. The molecule has 0 atom stereocenters. The quantitative estimate of drug-likeness (QED) is 0.407. The molecule has 0 saturated carbocycles. The Morgan fingerprint density at radius 1 is 0.548 bits per heavy atom. The predicted molar refractivity (Wildman–Crippen MR) is 117 cm³/mol. The van der Waals surface area contributed by atoms with Gasteiger partial charge in [-0.05, 0) is 24.3 Å². The molecule has 2 aromatic heterocycles. The highest BCUT2D eigenvalue weighted by Gasteiger charge is 2.17. The highest BCUT2D eigenvalue weighted by Crippen LogP contribution is 2.12. The minimum absolute atomic E-state index is 0.611. The lowest BCUT2D eigenvalue weighted by molar-refractivity contribution is -0.681. The molecule has 31 heavy (non-hydrogen) atoms. The number of nitrogens with zero attached hydrogens (tertiary/aromatic N) is 4. The molecule has 0 saturated heterocycles. The van der Waals surface area contributed by atoms with Crippen LogP contribution < -0.4 is 9.13 Å². The van der Waals surface area contributed by atoms with Crippen LogP contribution >= 0.6 is 0 Å². The van der Waals surface area contributed by atoms with Crippen LogP contribution in [0.25, 0.3) is 22.1 Å². The number of rotatable bonds is 0. The third-order valence-electron chi connectivity index (χ3n) is 5.84. The van der Waals surface area contributed by atoms with Crippen molar-refractivity contribution in [2.45, 2.75) is 26.2 Å². The lowest BCUT2D eigenvalue weighted by atomic mass is 10.3. The maximum absolute atomic E-state index is 6.02. The fraction of sp³-hybridized carbons (Fsp3) is 0.417. The van der Waals surface area contributed by atoms with Gasteiger partial charge in [-0.3, -0.25) is 0 Å². The highest BCUT2D eigenvalue weighted by atomic mass is 16.5. The Kier molecular flexibility index (Phi) is 6.25. The number of hydrogen-bond donors (Lipinski definition) is 0. The van der Waals surface area contributed by atoms with Crippen molar-refractivity contribution in [2.24, 2.45) is 0 Å². The Balaban J connectivity index is 1.34. The summed E-state index contributed by atoms with van der Waals surface area (Å²) in [6.45, 7) is 7.22. The zero-order chi connectivity index (χ0) is 20.9. The van der Waals surface area contributed by atoms with Gasteiger partial charge >= 0.3 is 0 Å². The van der Waals surface area contributed by atoms with Gasteiger partial charge in [-0.2, -0.15) is 0 Å². The average Bonchev–Trinajstić information content (AvgIpc) is 3.33. The number of para-hydroxylation sites is 4. The summed E-state index contributed by atoms with van der Waals surface area (Å²) >= 11 is 0. The van der Waals surface area contributed by atoms with Crippen molar-refractivity contribution in [3.05, 3.63) is 61.2 Å². The molecule has 7 nitrogen and oxygen atoms in total. The number of benzene rings is 2. The third kappa shape index (κ3) is 4.49. The zero-order valence-electron chi connectivity index (χ0n) is 17.9. The SMILES string of the molecule is c1ccc2c(c1)n1c[n+]2CCOCC[n+]2cn(c3ccccc32)CCOCCOCC1. The lowest BCUT2D eigenvalue weighted by Gasteiger charge is -2.04. The Hall–Kier alpha value is -2.74. The molecule has 0 spiro atoms. The summed E-state index contributed by atoms with van der Waals surface area (Å²) in [5.41, 5.74) is 4.89. The first kappa shape index (κ1) is 20.2. The number of ether oxygens (including phenoxy) is 3. The summed E-state index contributed by atoms with van der Waals surface area (Å²) in [5.74, 6) is 0. The first-order chi connectivity index (χ1) is 15.4. The maximum Gasteiger partial charge on any atom is 0.244 e. The monoisotopic (exact) mass is 422 g/mol. The van der Waals surface area contributed by atoms with Crippen LogP contribution in [0.1, 0.15) is 0 Å². The van der Waals surface area contributed by atoms with E-state index in [1.165, 1.54) is 22.1 Å². The average molecular weight is 423 g/mol. The zero-order valence-corrected chi connectivity index (χ0v) is 17.9. The fourth-order valence-electron chi connectivity index (χ4n) is 4.27. The van der Waals surface area contributed by atoms with E-state index in [1.807, 2.05) is 0 Å². The molecule has 0 radical (unpaired) electrons. The minimum atomic E-state index is 0.611. The Bertz CT molecular complexity index is 1060. The topological polar surface area (TPSA) is 45.3 Å². The van der Waals surface area contributed by atoms with Gasteiger partial charge in [0.05, 0.1) is 39.6 Å². The van der Waals surface area contributed by atoms with Crippen molar-refractivity contribution in [1.82, 2.24) is 9.13 Å². The fourth-order valence-corrected chi connectivity index (χ4v) is 4.27.